The van der Waals surface area contributed by atoms with E-state index < -0.39 is 44.0 Å². The molecule has 0 amide bonds. The summed E-state index contributed by atoms with van der Waals surface area (Å²) in [6, 6.07) is 18.4. The minimum Gasteiger partial charge on any atom is -0.505 e. The van der Waals surface area contributed by atoms with Gasteiger partial charge in [0.1, 0.15) is 15.5 Å². The van der Waals surface area contributed by atoms with E-state index in [9.17, 15) is 41.3 Å². The molecule has 0 saturated heterocycles. The summed E-state index contributed by atoms with van der Waals surface area (Å²) in [7, 11) is -9.04. The molecule has 0 atom stereocenters. The molecule has 5 rings (SSSR count). The van der Waals surface area contributed by atoms with E-state index in [4.69, 9.17) is 0 Å². The standard InChI is InChI=1S/C27H20N4O9S2/c32-14-19-22(30-28-20-9-11-24(41(35,36)37)17-7-3-1-5-15(17)20)13-23(33)26(27(19)34)31-29-21-10-12-25(42(38,39)40)18-8-4-2-6-16(18)21/h1-13,32-34H,14H2,(H,35,36,37)(H,38,39,40). The number of aliphatic hydroxyl groups is 1. The lowest BCUT2D eigenvalue weighted by Crippen LogP contribution is -1.98. The van der Waals surface area contributed by atoms with Crippen molar-refractivity contribution in [1.82, 2.24) is 0 Å². The van der Waals surface area contributed by atoms with Gasteiger partial charge in [0.05, 0.1) is 23.7 Å². The predicted octanol–water partition coefficient (Wildman–Crippen LogP) is 6.22. The molecule has 0 fully saturated rings. The second-order valence-electron chi connectivity index (χ2n) is 8.86. The fraction of sp³-hybridized carbons (Fsp3) is 0.0370. The Morgan fingerprint density at radius 3 is 1.45 bits per heavy atom. The maximum absolute atomic E-state index is 11.8. The number of aliphatic hydroxyl groups excluding tert-OH is 1. The van der Waals surface area contributed by atoms with Crippen molar-refractivity contribution < 1.29 is 41.3 Å². The molecule has 0 bridgehead atoms. The molecule has 5 aromatic carbocycles. The summed E-state index contributed by atoms with van der Waals surface area (Å²) < 4.78 is 66.1. The Labute approximate surface area is 238 Å². The van der Waals surface area contributed by atoms with Crippen molar-refractivity contribution in [3.8, 4) is 11.5 Å². The number of phenolic OH excluding ortho intramolecular Hbond substituents is 1. The van der Waals surface area contributed by atoms with Crippen molar-refractivity contribution in [2.45, 2.75) is 16.4 Å². The van der Waals surface area contributed by atoms with E-state index in [1.807, 2.05) is 0 Å². The van der Waals surface area contributed by atoms with Crippen LogP contribution in [0.5, 0.6) is 11.5 Å². The molecule has 0 aliphatic rings. The van der Waals surface area contributed by atoms with Crippen LogP contribution in [0.3, 0.4) is 0 Å². The van der Waals surface area contributed by atoms with Gasteiger partial charge in [0.2, 0.25) is 0 Å². The van der Waals surface area contributed by atoms with Gasteiger partial charge in [-0.1, -0.05) is 48.5 Å². The van der Waals surface area contributed by atoms with Crippen molar-refractivity contribution in [3.63, 3.8) is 0 Å². The number of azo groups is 2. The summed E-state index contributed by atoms with van der Waals surface area (Å²) in [6.07, 6.45) is 0. The number of nitrogens with zero attached hydrogens (tertiary/aromatic N) is 4. The van der Waals surface area contributed by atoms with Crippen molar-refractivity contribution in [3.05, 3.63) is 84.4 Å². The maximum atomic E-state index is 11.8. The van der Waals surface area contributed by atoms with E-state index in [-0.39, 0.29) is 43.2 Å². The Balaban J connectivity index is 1.55. The number of rotatable bonds is 7. The summed E-state index contributed by atoms with van der Waals surface area (Å²) in [4.78, 5) is -0.654. The summed E-state index contributed by atoms with van der Waals surface area (Å²) >= 11 is 0. The summed E-state index contributed by atoms with van der Waals surface area (Å²) in [5, 5.41) is 48.5. The van der Waals surface area contributed by atoms with E-state index in [2.05, 4.69) is 20.5 Å². The number of benzene rings is 5. The van der Waals surface area contributed by atoms with Crippen molar-refractivity contribution >= 4 is 64.5 Å². The molecular formula is C27H20N4O9S2. The molecule has 0 saturated carbocycles. The molecule has 5 aromatic rings. The van der Waals surface area contributed by atoms with Crippen LogP contribution in [-0.2, 0) is 26.8 Å². The second kappa shape index (κ2) is 10.9. The first-order chi connectivity index (χ1) is 19.9. The van der Waals surface area contributed by atoms with Gasteiger partial charge < -0.3 is 15.3 Å². The van der Waals surface area contributed by atoms with Crippen molar-refractivity contribution in [2.24, 2.45) is 20.5 Å². The topological polar surface area (TPSA) is 219 Å². The van der Waals surface area contributed by atoms with Gasteiger partial charge in [-0.05, 0) is 24.3 Å². The van der Waals surface area contributed by atoms with Gasteiger partial charge in [-0.25, -0.2) is 0 Å². The van der Waals surface area contributed by atoms with E-state index in [0.717, 1.165) is 18.2 Å². The van der Waals surface area contributed by atoms with Crippen LogP contribution in [0.15, 0.2) is 109 Å². The molecule has 0 unspecified atom stereocenters. The fourth-order valence-corrected chi connectivity index (χ4v) is 5.75. The number of phenols is 2. The zero-order valence-electron chi connectivity index (χ0n) is 21.2. The fourth-order valence-electron chi connectivity index (χ4n) is 4.36. The van der Waals surface area contributed by atoms with Gasteiger partial charge in [-0.15, -0.1) is 20.5 Å². The van der Waals surface area contributed by atoms with Crippen molar-refractivity contribution in [1.29, 1.82) is 0 Å². The van der Waals surface area contributed by atoms with E-state index >= 15 is 0 Å². The Morgan fingerprint density at radius 2 is 1.00 bits per heavy atom. The lowest BCUT2D eigenvalue weighted by molar-refractivity contribution is 0.276. The average molecular weight is 609 g/mol. The Bertz CT molecular complexity index is 2160. The Morgan fingerprint density at radius 1 is 0.571 bits per heavy atom. The monoisotopic (exact) mass is 608 g/mol. The predicted molar refractivity (Wildman–Crippen MR) is 152 cm³/mol. The summed E-state index contributed by atoms with van der Waals surface area (Å²) in [5.41, 5.74) is -0.339. The lowest BCUT2D eigenvalue weighted by atomic mass is 10.1. The second-order valence-corrected chi connectivity index (χ2v) is 11.6. The largest absolute Gasteiger partial charge is 0.505 e. The van der Waals surface area contributed by atoms with Crippen LogP contribution < -0.4 is 0 Å². The maximum Gasteiger partial charge on any atom is 0.295 e. The Kier molecular flexibility index (Phi) is 7.44. The van der Waals surface area contributed by atoms with Crippen LogP contribution in [0, 0.1) is 0 Å². The summed E-state index contributed by atoms with van der Waals surface area (Å²) in [6.45, 7) is -0.739. The normalized spacial score (nSPS) is 12.6. The first-order valence-corrected chi connectivity index (χ1v) is 14.8. The zero-order valence-corrected chi connectivity index (χ0v) is 22.8. The highest BCUT2D eigenvalue weighted by atomic mass is 32.2. The minimum absolute atomic E-state index is 0.127. The molecule has 214 valence electrons. The van der Waals surface area contributed by atoms with Crippen molar-refractivity contribution in [2.75, 3.05) is 0 Å². The third-order valence-corrected chi connectivity index (χ3v) is 8.12. The molecule has 0 aromatic heterocycles. The minimum atomic E-state index is -4.52. The summed E-state index contributed by atoms with van der Waals surface area (Å²) in [5.74, 6) is -1.23. The average Bonchev–Trinajstić information content (AvgIpc) is 2.94. The molecule has 0 radical (unpaired) electrons. The van der Waals surface area contributed by atoms with E-state index in [0.29, 0.717) is 10.8 Å². The molecular weight excluding hydrogens is 588 g/mol. The van der Waals surface area contributed by atoms with E-state index in [1.165, 1.54) is 24.3 Å². The molecule has 0 heterocycles. The van der Waals surface area contributed by atoms with Crippen LogP contribution >= 0.6 is 0 Å². The number of hydrogen-bond acceptors (Lipinski definition) is 11. The number of fused-ring (bicyclic) bond motifs is 2. The molecule has 0 aliphatic heterocycles. The van der Waals surface area contributed by atoms with Gasteiger partial charge in [0.25, 0.3) is 20.2 Å². The highest BCUT2D eigenvalue weighted by molar-refractivity contribution is 7.86. The van der Waals surface area contributed by atoms with Gasteiger partial charge >= 0.3 is 0 Å². The lowest BCUT2D eigenvalue weighted by Gasteiger charge is -2.10. The van der Waals surface area contributed by atoms with Crippen LogP contribution in [-0.4, -0.2) is 41.3 Å². The van der Waals surface area contributed by atoms with E-state index in [1.54, 1.807) is 36.4 Å². The smallest absolute Gasteiger partial charge is 0.295 e. The molecule has 42 heavy (non-hydrogen) atoms. The Hall–Kier alpha value is -4.80. The first kappa shape index (κ1) is 28.7. The first-order valence-electron chi connectivity index (χ1n) is 11.9. The van der Waals surface area contributed by atoms with Crippen LogP contribution in [0.1, 0.15) is 5.56 Å². The zero-order chi connectivity index (χ0) is 30.2. The van der Waals surface area contributed by atoms with Gasteiger partial charge in [-0.3, -0.25) is 9.11 Å². The number of hydrogen-bond donors (Lipinski definition) is 5. The SMILES string of the molecule is O=S(=O)(O)c1ccc(N=Nc2cc(O)c(N=Nc3ccc(S(=O)(=O)O)c4ccccc34)c(O)c2CO)c2ccccc12. The quantitative estimate of drug-likeness (QED) is 0.104. The van der Waals surface area contributed by atoms with Crippen LogP contribution in [0.2, 0.25) is 0 Å². The molecule has 5 N–H and O–H groups in total. The van der Waals surface area contributed by atoms with Gasteiger partial charge in [-0.2, -0.15) is 16.8 Å². The number of aromatic hydroxyl groups is 2. The van der Waals surface area contributed by atoms with Gasteiger partial charge in [0.15, 0.2) is 11.4 Å². The third kappa shape index (κ3) is 5.41. The molecule has 0 spiro atoms. The van der Waals surface area contributed by atoms with Gasteiger partial charge in [0, 0.05) is 33.2 Å². The van der Waals surface area contributed by atoms with Crippen LogP contribution in [0.25, 0.3) is 21.5 Å². The molecule has 0 aliphatic carbocycles. The van der Waals surface area contributed by atoms with Crippen LogP contribution in [0.4, 0.5) is 22.7 Å². The third-order valence-electron chi connectivity index (χ3n) is 6.29. The molecule has 15 heteroatoms. The highest BCUT2D eigenvalue weighted by Crippen LogP contribution is 2.46. The molecule has 13 nitrogen and oxygen atoms in total. The highest BCUT2D eigenvalue weighted by Gasteiger charge is 2.20.